The van der Waals surface area contributed by atoms with E-state index >= 15 is 0 Å². The number of aryl methyl sites for hydroxylation is 1. The van der Waals surface area contributed by atoms with Crippen molar-refractivity contribution in [3.05, 3.63) is 85.1 Å². The monoisotopic (exact) mass is 386 g/mol. The molecule has 0 unspecified atom stereocenters. The van der Waals surface area contributed by atoms with E-state index in [9.17, 15) is 4.79 Å². The van der Waals surface area contributed by atoms with E-state index in [1.165, 1.54) is 6.33 Å². The Labute approximate surface area is 169 Å². The standard InChI is InChI=1S/C22H22N6O/c1-26(21(29)12-13-27-17-23-16-24-27)14-19-15-28(20-10-6-3-7-11-20)25-22(19)18-8-4-2-5-9-18/h2-11,15-17H,12-14H2,1H3. The maximum atomic E-state index is 12.6. The number of benzene rings is 2. The van der Waals surface area contributed by atoms with Gasteiger partial charge in [0.2, 0.25) is 5.91 Å². The smallest absolute Gasteiger partial charge is 0.224 e. The van der Waals surface area contributed by atoms with Crippen molar-refractivity contribution in [2.45, 2.75) is 19.5 Å². The summed E-state index contributed by atoms with van der Waals surface area (Å²) in [5.74, 6) is 0.0481. The first-order chi connectivity index (χ1) is 14.2. The molecule has 0 fully saturated rings. The summed E-state index contributed by atoms with van der Waals surface area (Å²) in [7, 11) is 1.82. The van der Waals surface area contributed by atoms with Crippen LogP contribution in [0, 0.1) is 0 Å². The van der Waals surface area contributed by atoms with Crippen molar-refractivity contribution in [1.82, 2.24) is 29.4 Å². The number of hydrogen-bond acceptors (Lipinski definition) is 4. The number of amides is 1. The van der Waals surface area contributed by atoms with Crippen molar-refractivity contribution < 1.29 is 4.79 Å². The van der Waals surface area contributed by atoms with E-state index in [1.807, 2.05) is 78.6 Å². The topological polar surface area (TPSA) is 68.8 Å². The van der Waals surface area contributed by atoms with Crippen LogP contribution in [0.15, 0.2) is 79.5 Å². The average Bonchev–Trinajstić information content (AvgIpc) is 3.43. The zero-order chi connectivity index (χ0) is 20.1. The van der Waals surface area contributed by atoms with E-state index in [1.54, 1.807) is 15.9 Å². The maximum Gasteiger partial charge on any atom is 0.224 e. The highest BCUT2D eigenvalue weighted by Gasteiger charge is 2.16. The third-order valence-corrected chi connectivity index (χ3v) is 4.71. The van der Waals surface area contributed by atoms with Crippen LogP contribution in [0.3, 0.4) is 0 Å². The number of hydrogen-bond donors (Lipinski definition) is 0. The summed E-state index contributed by atoms with van der Waals surface area (Å²) >= 11 is 0. The van der Waals surface area contributed by atoms with Gasteiger partial charge in [-0.3, -0.25) is 9.48 Å². The Kier molecular flexibility index (Phi) is 5.47. The zero-order valence-electron chi connectivity index (χ0n) is 16.2. The van der Waals surface area contributed by atoms with Crippen LogP contribution in [0.25, 0.3) is 16.9 Å². The van der Waals surface area contributed by atoms with Crippen LogP contribution in [-0.2, 0) is 17.9 Å². The Morgan fingerprint density at radius 1 is 1.03 bits per heavy atom. The van der Waals surface area contributed by atoms with E-state index in [2.05, 4.69) is 10.1 Å². The molecule has 0 radical (unpaired) electrons. The molecule has 0 spiro atoms. The van der Waals surface area contributed by atoms with Crippen LogP contribution in [0.4, 0.5) is 0 Å². The number of nitrogens with zero attached hydrogens (tertiary/aromatic N) is 6. The number of aromatic nitrogens is 5. The molecule has 0 N–H and O–H groups in total. The van der Waals surface area contributed by atoms with Gasteiger partial charge in [0.1, 0.15) is 12.7 Å². The molecular formula is C22H22N6O. The molecule has 2 heterocycles. The van der Waals surface area contributed by atoms with E-state index in [4.69, 9.17) is 5.10 Å². The first-order valence-corrected chi connectivity index (χ1v) is 9.46. The Balaban J connectivity index is 1.56. The lowest BCUT2D eigenvalue weighted by atomic mass is 10.1. The summed E-state index contributed by atoms with van der Waals surface area (Å²) in [5, 5.41) is 8.85. The van der Waals surface area contributed by atoms with Crippen LogP contribution < -0.4 is 0 Å². The highest BCUT2D eigenvalue weighted by atomic mass is 16.2. The van der Waals surface area contributed by atoms with Gasteiger partial charge < -0.3 is 4.90 Å². The summed E-state index contributed by atoms with van der Waals surface area (Å²) in [6.45, 7) is 0.991. The maximum absolute atomic E-state index is 12.6. The van der Waals surface area contributed by atoms with Gasteiger partial charge in [-0.2, -0.15) is 10.2 Å². The van der Waals surface area contributed by atoms with Crippen LogP contribution in [-0.4, -0.2) is 42.4 Å². The lowest BCUT2D eigenvalue weighted by Gasteiger charge is -2.17. The first kappa shape index (κ1) is 18.6. The van der Waals surface area contributed by atoms with E-state index in [0.29, 0.717) is 19.5 Å². The number of para-hydroxylation sites is 1. The molecule has 4 rings (SSSR count). The molecule has 0 bridgehead atoms. The van der Waals surface area contributed by atoms with Crippen molar-refractivity contribution >= 4 is 5.91 Å². The molecule has 0 aliphatic rings. The largest absolute Gasteiger partial charge is 0.341 e. The number of carbonyl (C=O) groups is 1. The quantitative estimate of drug-likeness (QED) is 0.489. The Morgan fingerprint density at radius 3 is 2.45 bits per heavy atom. The third-order valence-electron chi connectivity index (χ3n) is 4.71. The Morgan fingerprint density at radius 2 is 1.76 bits per heavy atom. The van der Waals surface area contributed by atoms with Crippen LogP contribution >= 0.6 is 0 Å². The molecule has 29 heavy (non-hydrogen) atoms. The summed E-state index contributed by atoms with van der Waals surface area (Å²) in [4.78, 5) is 18.2. The predicted octanol–water partition coefficient (Wildman–Crippen LogP) is 3.18. The molecule has 0 aliphatic carbocycles. The van der Waals surface area contributed by atoms with Crippen LogP contribution in [0.2, 0.25) is 0 Å². The minimum atomic E-state index is 0.0481. The van der Waals surface area contributed by atoms with Crippen molar-refractivity contribution in [2.24, 2.45) is 0 Å². The zero-order valence-corrected chi connectivity index (χ0v) is 16.2. The number of rotatable bonds is 7. The molecule has 7 heteroatoms. The third kappa shape index (κ3) is 4.40. The molecule has 2 aromatic heterocycles. The second-order valence-electron chi connectivity index (χ2n) is 6.81. The normalized spacial score (nSPS) is 10.8. The van der Waals surface area contributed by atoms with Crippen LogP contribution in [0.1, 0.15) is 12.0 Å². The molecule has 4 aromatic rings. The number of carbonyl (C=O) groups excluding carboxylic acids is 1. The first-order valence-electron chi connectivity index (χ1n) is 9.46. The minimum absolute atomic E-state index is 0.0481. The van der Waals surface area contributed by atoms with E-state index in [0.717, 1.165) is 22.5 Å². The lowest BCUT2D eigenvalue weighted by molar-refractivity contribution is -0.130. The lowest BCUT2D eigenvalue weighted by Crippen LogP contribution is -2.27. The minimum Gasteiger partial charge on any atom is -0.341 e. The average molecular weight is 386 g/mol. The summed E-state index contributed by atoms with van der Waals surface area (Å²) in [6, 6.07) is 20.0. The Hall–Kier alpha value is -3.74. The van der Waals surface area contributed by atoms with Gasteiger partial charge in [-0.15, -0.1) is 0 Å². The van der Waals surface area contributed by atoms with Gasteiger partial charge >= 0.3 is 0 Å². The molecule has 0 saturated heterocycles. The molecule has 146 valence electrons. The molecule has 0 aliphatic heterocycles. The fourth-order valence-corrected chi connectivity index (χ4v) is 3.17. The molecule has 7 nitrogen and oxygen atoms in total. The molecule has 0 saturated carbocycles. The van der Waals surface area contributed by atoms with E-state index in [-0.39, 0.29) is 5.91 Å². The summed E-state index contributed by atoms with van der Waals surface area (Å²) in [5.41, 5.74) is 3.89. The highest BCUT2D eigenvalue weighted by Crippen LogP contribution is 2.24. The van der Waals surface area contributed by atoms with E-state index < -0.39 is 0 Å². The highest BCUT2D eigenvalue weighted by molar-refractivity contribution is 5.76. The van der Waals surface area contributed by atoms with Gasteiger partial charge in [-0.1, -0.05) is 48.5 Å². The Bertz CT molecular complexity index is 1060. The molecule has 1 amide bonds. The van der Waals surface area contributed by atoms with Gasteiger partial charge in [-0.05, 0) is 12.1 Å². The molecule has 0 atom stereocenters. The second-order valence-corrected chi connectivity index (χ2v) is 6.81. The van der Waals surface area contributed by atoms with Crippen molar-refractivity contribution in [3.63, 3.8) is 0 Å². The fraction of sp³-hybridized carbons (Fsp3) is 0.182. The summed E-state index contributed by atoms with van der Waals surface area (Å²) in [6.07, 6.45) is 5.45. The molecular weight excluding hydrogens is 364 g/mol. The van der Waals surface area contributed by atoms with Gasteiger partial charge in [0, 0.05) is 37.3 Å². The van der Waals surface area contributed by atoms with Crippen LogP contribution in [0.5, 0.6) is 0 Å². The van der Waals surface area contributed by atoms with Gasteiger partial charge in [0.25, 0.3) is 0 Å². The SMILES string of the molecule is CN(Cc1cn(-c2ccccc2)nc1-c1ccccc1)C(=O)CCn1cncn1. The van der Waals surface area contributed by atoms with Gasteiger partial charge in [0.15, 0.2) is 0 Å². The molecule has 2 aromatic carbocycles. The van der Waals surface area contributed by atoms with Crippen molar-refractivity contribution in [2.75, 3.05) is 7.05 Å². The summed E-state index contributed by atoms with van der Waals surface area (Å²) < 4.78 is 3.53. The van der Waals surface area contributed by atoms with Crippen molar-refractivity contribution in [1.29, 1.82) is 0 Å². The second kappa shape index (κ2) is 8.52. The predicted molar refractivity (Wildman–Crippen MR) is 110 cm³/mol. The fourth-order valence-electron chi connectivity index (χ4n) is 3.17. The van der Waals surface area contributed by atoms with Gasteiger partial charge in [-0.25, -0.2) is 9.67 Å². The van der Waals surface area contributed by atoms with Crippen molar-refractivity contribution in [3.8, 4) is 16.9 Å². The van der Waals surface area contributed by atoms with Gasteiger partial charge in [0.05, 0.1) is 17.9 Å².